The highest BCUT2D eigenvalue weighted by atomic mass is 16.6. The average Bonchev–Trinajstić information content (AvgIpc) is 2.59. The summed E-state index contributed by atoms with van der Waals surface area (Å²) in [5, 5.41) is 13.4. The summed E-state index contributed by atoms with van der Waals surface area (Å²) in [4.78, 5) is 25.7. The van der Waals surface area contributed by atoms with Gasteiger partial charge < -0.3 is 14.8 Å². The zero-order valence-electron chi connectivity index (χ0n) is 12.4. The molecule has 0 aliphatic rings. The molecule has 2 aromatic rings. The molecule has 0 spiro atoms. The molecule has 0 aliphatic carbocycles. The van der Waals surface area contributed by atoms with E-state index in [4.69, 9.17) is 9.47 Å². The normalized spacial score (nSPS) is 9.96. The van der Waals surface area contributed by atoms with E-state index in [0.29, 0.717) is 23.7 Å². The van der Waals surface area contributed by atoms with Crippen LogP contribution in [0, 0.1) is 10.1 Å². The first kappa shape index (κ1) is 16.2. The number of nitrogens with one attached hydrogen (secondary N) is 1. The highest BCUT2D eigenvalue weighted by Crippen LogP contribution is 2.13. The molecule has 2 rings (SSSR count). The van der Waals surface area contributed by atoms with Crippen molar-refractivity contribution in [1.29, 1.82) is 0 Å². The Kier molecular flexibility index (Phi) is 5.45. The standard InChI is InChI=1S/C15H15N3O5/c1-22-13-4-2-3-11(9-13)15(19)23-8-7-16-14-6-5-12(10-17-14)18(20)21/h2-6,9-10H,7-8H2,1H3,(H,16,17). The van der Waals surface area contributed by atoms with Gasteiger partial charge in [-0.15, -0.1) is 0 Å². The zero-order valence-corrected chi connectivity index (χ0v) is 12.4. The summed E-state index contributed by atoms with van der Waals surface area (Å²) >= 11 is 0. The van der Waals surface area contributed by atoms with Crippen LogP contribution in [0.2, 0.25) is 0 Å². The predicted molar refractivity (Wildman–Crippen MR) is 82.7 cm³/mol. The van der Waals surface area contributed by atoms with Crippen molar-refractivity contribution in [2.24, 2.45) is 0 Å². The van der Waals surface area contributed by atoms with Gasteiger partial charge in [0.05, 0.1) is 24.1 Å². The van der Waals surface area contributed by atoms with Crippen LogP contribution in [0.15, 0.2) is 42.6 Å². The first-order valence-corrected chi connectivity index (χ1v) is 6.75. The van der Waals surface area contributed by atoms with Crippen LogP contribution < -0.4 is 10.1 Å². The summed E-state index contributed by atoms with van der Waals surface area (Å²) < 4.78 is 10.2. The Morgan fingerprint density at radius 1 is 1.35 bits per heavy atom. The van der Waals surface area contributed by atoms with E-state index in [9.17, 15) is 14.9 Å². The molecule has 1 aromatic carbocycles. The van der Waals surface area contributed by atoms with Gasteiger partial charge in [0, 0.05) is 6.07 Å². The number of nitro groups is 1. The quantitative estimate of drug-likeness (QED) is 0.361. The molecule has 0 aliphatic heterocycles. The summed E-state index contributed by atoms with van der Waals surface area (Å²) in [6.07, 6.45) is 1.16. The van der Waals surface area contributed by atoms with Crippen molar-refractivity contribution in [3.63, 3.8) is 0 Å². The summed E-state index contributed by atoms with van der Waals surface area (Å²) in [7, 11) is 1.52. The molecule has 0 bridgehead atoms. The van der Waals surface area contributed by atoms with E-state index in [-0.39, 0.29) is 12.3 Å². The number of aromatic nitrogens is 1. The Labute approximate surface area is 132 Å². The smallest absolute Gasteiger partial charge is 0.338 e. The van der Waals surface area contributed by atoms with Gasteiger partial charge in [0.1, 0.15) is 24.4 Å². The number of pyridine rings is 1. The maximum Gasteiger partial charge on any atom is 0.338 e. The van der Waals surface area contributed by atoms with Crippen LogP contribution >= 0.6 is 0 Å². The van der Waals surface area contributed by atoms with Crippen molar-refractivity contribution in [1.82, 2.24) is 4.98 Å². The van der Waals surface area contributed by atoms with Crippen LogP contribution in [0.25, 0.3) is 0 Å². The van der Waals surface area contributed by atoms with Crippen LogP contribution in [0.4, 0.5) is 11.5 Å². The Morgan fingerprint density at radius 3 is 2.83 bits per heavy atom. The van der Waals surface area contributed by atoms with Crippen LogP contribution in [-0.2, 0) is 4.74 Å². The molecule has 1 aromatic heterocycles. The molecule has 0 fully saturated rings. The van der Waals surface area contributed by atoms with E-state index >= 15 is 0 Å². The monoisotopic (exact) mass is 317 g/mol. The zero-order chi connectivity index (χ0) is 16.7. The van der Waals surface area contributed by atoms with Crippen LogP contribution in [-0.4, -0.2) is 36.1 Å². The molecule has 0 saturated heterocycles. The van der Waals surface area contributed by atoms with Crippen molar-refractivity contribution in [2.45, 2.75) is 0 Å². The summed E-state index contributed by atoms with van der Waals surface area (Å²) in [5.41, 5.74) is 0.317. The molecular weight excluding hydrogens is 302 g/mol. The fourth-order valence-electron chi connectivity index (χ4n) is 1.75. The largest absolute Gasteiger partial charge is 0.497 e. The van der Waals surface area contributed by atoms with Gasteiger partial charge >= 0.3 is 5.97 Å². The summed E-state index contributed by atoms with van der Waals surface area (Å²) in [6, 6.07) is 9.50. The number of carbonyl (C=O) groups excluding carboxylic acids is 1. The number of esters is 1. The fourth-order valence-corrected chi connectivity index (χ4v) is 1.75. The topological polar surface area (TPSA) is 104 Å². The van der Waals surface area contributed by atoms with E-state index in [1.54, 1.807) is 24.3 Å². The van der Waals surface area contributed by atoms with Crippen molar-refractivity contribution in [3.8, 4) is 5.75 Å². The van der Waals surface area contributed by atoms with E-state index < -0.39 is 10.9 Å². The predicted octanol–water partition coefficient (Wildman–Crippen LogP) is 2.27. The molecule has 120 valence electrons. The van der Waals surface area contributed by atoms with Crippen molar-refractivity contribution >= 4 is 17.5 Å². The number of rotatable bonds is 7. The molecule has 0 amide bonds. The molecule has 0 radical (unpaired) electrons. The Hall–Kier alpha value is -3.16. The van der Waals surface area contributed by atoms with Crippen molar-refractivity contribution in [2.75, 3.05) is 25.6 Å². The number of methoxy groups -OCH3 is 1. The van der Waals surface area contributed by atoms with Crippen LogP contribution in [0.5, 0.6) is 5.75 Å². The third-order valence-electron chi connectivity index (χ3n) is 2.91. The summed E-state index contributed by atoms with van der Waals surface area (Å²) in [6.45, 7) is 0.467. The second-order valence-electron chi connectivity index (χ2n) is 4.45. The molecule has 1 N–H and O–H groups in total. The van der Waals surface area contributed by atoms with Crippen LogP contribution in [0.3, 0.4) is 0 Å². The maximum absolute atomic E-state index is 11.8. The molecule has 23 heavy (non-hydrogen) atoms. The Morgan fingerprint density at radius 2 is 2.17 bits per heavy atom. The highest BCUT2D eigenvalue weighted by Gasteiger charge is 2.08. The third kappa shape index (κ3) is 4.67. The molecule has 1 heterocycles. The molecule has 0 saturated carbocycles. The first-order chi connectivity index (χ1) is 11.1. The third-order valence-corrected chi connectivity index (χ3v) is 2.91. The lowest BCUT2D eigenvalue weighted by Gasteiger charge is -2.07. The number of nitrogens with zero attached hydrogens (tertiary/aromatic N) is 2. The van der Waals surface area contributed by atoms with E-state index in [0.717, 1.165) is 6.20 Å². The van der Waals surface area contributed by atoms with Gasteiger partial charge in [-0.25, -0.2) is 9.78 Å². The van der Waals surface area contributed by atoms with Gasteiger partial charge in [-0.3, -0.25) is 10.1 Å². The Bertz CT molecular complexity index is 688. The SMILES string of the molecule is COc1cccc(C(=O)OCCNc2ccc([N+](=O)[O-])cn2)c1. The number of ether oxygens (including phenoxy) is 2. The lowest BCUT2D eigenvalue weighted by molar-refractivity contribution is -0.385. The van der Waals surface area contributed by atoms with Gasteiger partial charge in [0.2, 0.25) is 0 Å². The minimum absolute atomic E-state index is 0.0833. The lowest BCUT2D eigenvalue weighted by Crippen LogP contribution is -2.14. The lowest BCUT2D eigenvalue weighted by atomic mass is 10.2. The van der Waals surface area contributed by atoms with Gasteiger partial charge in [0.15, 0.2) is 0 Å². The minimum Gasteiger partial charge on any atom is -0.497 e. The molecule has 0 unspecified atom stereocenters. The van der Waals surface area contributed by atoms with E-state index in [1.165, 1.54) is 19.2 Å². The van der Waals surface area contributed by atoms with E-state index in [1.807, 2.05) is 0 Å². The maximum atomic E-state index is 11.8. The van der Waals surface area contributed by atoms with Crippen LogP contribution in [0.1, 0.15) is 10.4 Å². The van der Waals surface area contributed by atoms with Gasteiger partial charge in [-0.2, -0.15) is 0 Å². The second kappa shape index (κ2) is 7.74. The molecule has 8 nitrogen and oxygen atoms in total. The second-order valence-corrected chi connectivity index (χ2v) is 4.45. The number of anilines is 1. The van der Waals surface area contributed by atoms with Crippen molar-refractivity contribution in [3.05, 3.63) is 58.3 Å². The fraction of sp³-hybridized carbons (Fsp3) is 0.200. The first-order valence-electron chi connectivity index (χ1n) is 6.75. The number of benzene rings is 1. The Balaban J connectivity index is 1.78. The number of hydrogen-bond acceptors (Lipinski definition) is 7. The van der Waals surface area contributed by atoms with Gasteiger partial charge in [-0.05, 0) is 24.3 Å². The molecular formula is C15H15N3O5. The number of hydrogen-bond donors (Lipinski definition) is 1. The molecule has 8 heteroatoms. The average molecular weight is 317 g/mol. The van der Waals surface area contributed by atoms with Gasteiger partial charge in [-0.1, -0.05) is 6.07 Å². The van der Waals surface area contributed by atoms with E-state index in [2.05, 4.69) is 10.3 Å². The number of carbonyl (C=O) groups is 1. The van der Waals surface area contributed by atoms with Crippen molar-refractivity contribution < 1.29 is 19.2 Å². The summed E-state index contributed by atoms with van der Waals surface area (Å²) in [5.74, 6) is 0.586. The van der Waals surface area contributed by atoms with Gasteiger partial charge in [0.25, 0.3) is 5.69 Å². The highest BCUT2D eigenvalue weighted by molar-refractivity contribution is 5.89. The molecule has 0 atom stereocenters. The minimum atomic E-state index is -0.521.